The summed E-state index contributed by atoms with van der Waals surface area (Å²) in [5.74, 6) is 0.224. The van der Waals surface area contributed by atoms with Crippen LogP contribution < -0.4 is 10.6 Å². The lowest BCUT2D eigenvalue weighted by Gasteiger charge is -2.29. The lowest BCUT2D eigenvalue weighted by molar-refractivity contribution is 0.0164. The summed E-state index contributed by atoms with van der Waals surface area (Å²) in [5, 5.41) is 19.2. The topological polar surface area (TPSA) is 61.4 Å². The van der Waals surface area contributed by atoms with Crippen molar-refractivity contribution < 1.29 is 9.90 Å². The predicted octanol–water partition coefficient (Wildman–Crippen LogP) is 3.17. The van der Waals surface area contributed by atoms with E-state index in [1.165, 1.54) is 11.3 Å². The van der Waals surface area contributed by atoms with Gasteiger partial charge < -0.3 is 10.4 Å². The molecule has 2 amide bonds. The van der Waals surface area contributed by atoms with Gasteiger partial charge in [0, 0.05) is 0 Å². The van der Waals surface area contributed by atoms with E-state index in [0.29, 0.717) is 0 Å². The van der Waals surface area contributed by atoms with Crippen LogP contribution in [0.4, 0.5) is 9.80 Å². The van der Waals surface area contributed by atoms with E-state index in [1.807, 2.05) is 47.8 Å². The van der Waals surface area contributed by atoms with Crippen molar-refractivity contribution in [2.24, 2.45) is 5.92 Å². The van der Waals surface area contributed by atoms with E-state index in [1.54, 1.807) is 0 Å². The summed E-state index contributed by atoms with van der Waals surface area (Å²) in [6.45, 7) is 0.221. The van der Waals surface area contributed by atoms with Gasteiger partial charge >= 0.3 is 6.03 Å². The fraction of sp³-hybridized carbons (Fsp3) is 0.312. The number of thiophene rings is 1. The van der Waals surface area contributed by atoms with Gasteiger partial charge in [-0.15, -0.1) is 11.3 Å². The molecular formula is C16H18N2O2S. The minimum absolute atomic E-state index is 0.221. The third-order valence-electron chi connectivity index (χ3n) is 3.80. The zero-order valence-corrected chi connectivity index (χ0v) is 12.4. The highest BCUT2D eigenvalue weighted by atomic mass is 32.1. The second-order valence-corrected chi connectivity index (χ2v) is 6.30. The highest BCUT2D eigenvalue weighted by molar-refractivity contribution is 7.14. The Balaban J connectivity index is 1.65. The number of carbonyl (C=O) groups is 1. The zero-order valence-electron chi connectivity index (χ0n) is 11.6. The number of nitrogens with one attached hydrogen (secondary N) is 2. The summed E-state index contributed by atoms with van der Waals surface area (Å²) < 4.78 is 0. The lowest BCUT2D eigenvalue weighted by atomic mass is 9.89. The number of hydrogen-bond donors (Lipinski definition) is 3. The third-order valence-corrected chi connectivity index (χ3v) is 4.59. The maximum Gasteiger partial charge on any atom is 0.319 e. The molecule has 2 aromatic rings. The van der Waals surface area contributed by atoms with E-state index in [4.69, 9.17) is 0 Å². The van der Waals surface area contributed by atoms with Gasteiger partial charge in [-0.1, -0.05) is 30.3 Å². The molecule has 0 radical (unpaired) electrons. The molecule has 0 spiro atoms. The molecule has 0 aliphatic heterocycles. The van der Waals surface area contributed by atoms with E-state index in [9.17, 15) is 9.90 Å². The second-order valence-electron chi connectivity index (χ2n) is 5.35. The van der Waals surface area contributed by atoms with Crippen LogP contribution in [0.15, 0.2) is 47.8 Å². The van der Waals surface area contributed by atoms with E-state index in [-0.39, 0.29) is 18.5 Å². The van der Waals surface area contributed by atoms with Crippen molar-refractivity contribution in [2.45, 2.75) is 18.4 Å². The van der Waals surface area contributed by atoms with Crippen LogP contribution in [0.3, 0.4) is 0 Å². The molecule has 1 aromatic carbocycles. The van der Waals surface area contributed by atoms with Crippen molar-refractivity contribution in [1.29, 1.82) is 0 Å². The van der Waals surface area contributed by atoms with Gasteiger partial charge in [0.05, 0.1) is 11.5 Å². The molecule has 1 heterocycles. The summed E-state index contributed by atoms with van der Waals surface area (Å²) in [7, 11) is 0. The Morgan fingerprint density at radius 1 is 1.24 bits per heavy atom. The Morgan fingerprint density at radius 3 is 2.62 bits per heavy atom. The number of benzene rings is 1. The number of rotatable bonds is 5. The first-order valence-corrected chi connectivity index (χ1v) is 7.93. The van der Waals surface area contributed by atoms with Gasteiger partial charge in [0.2, 0.25) is 0 Å². The van der Waals surface area contributed by atoms with Crippen LogP contribution in [0.5, 0.6) is 0 Å². The van der Waals surface area contributed by atoms with Gasteiger partial charge in [-0.05, 0) is 41.8 Å². The normalized spacial score (nSPS) is 17.0. The van der Waals surface area contributed by atoms with E-state index < -0.39 is 5.60 Å². The SMILES string of the molecule is O=C(NCC(O)(c1ccccc1)C1CC1)Nc1cccs1. The summed E-state index contributed by atoms with van der Waals surface area (Å²) in [6, 6.07) is 13.0. The molecule has 21 heavy (non-hydrogen) atoms. The fourth-order valence-electron chi connectivity index (χ4n) is 2.49. The standard InChI is InChI=1S/C16H18N2O2S/c19-15(18-14-7-4-10-21-14)17-11-16(20,13-8-9-13)12-5-2-1-3-6-12/h1-7,10,13,20H,8-9,11H2,(H2,17,18,19). The fourth-order valence-corrected chi connectivity index (χ4v) is 3.10. The summed E-state index contributed by atoms with van der Waals surface area (Å²) in [4.78, 5) is 11.9. The second kappa shape index (κ2) is 5.87. The molecule has 0 bridgehead atoms. The molecule has 1 atom stereocenters. The van der Waals surface area contributed by atoms with Gasteiger partial charge in [-0.3, -0.25) is 5.32 Å². The number of amides is 2. The third kappa shape index (κ3) is 3.25. The predicted molar refractivity (Wildman–Crippen MR) is 84.4 cm³/mol. The average Bonchev–Trinajstić information content (AvgIpc) is 3.25. The molecule has 1 aliphatic rings. The molecule has 5 heteroatoms. The first-order chi connectivity index (χ1) is 10.2. The quantitative estimate of drug-likeness (QED) is 0.794. The highest BCUT2D eigenvalue weighted by Crippen LogP contribution is 2.45. The van der Waals surface area contributed by atoms with Crippen molar-refractivity contribution >= 4 is 22.4 Å². The summed E-state index contributed by atoms with van der Waals surface area (Å²) >= 11 is 1.47. The van der Waals surface area contributed by atoms with Gasteiger partial charge in [-0.2, -0.15) is 0 Å². The van der Waals surface area contributed by atoms with Crippen LogP contribution >= 0.6 is 11.3 Å². The number of aliphatic hydroxyl groups is 1. The molecule has 1 aromatic heterocycles. The van der Waals surface area contributed by atoms with Crippen molar-refractivity contribution in [3.63, 3.8) is 0 Å². The molecule has 0 saturated heterocycles. The van der Waals surface area contributed by atoms with Crippen molar-refractivity contribution in [1.82, 2.24) is 5.32 Å². The average molecular weight is 302 g/mol. The largest absolute Gasteiger partial charge is 0.383 e. The Labute approximate surface area is 127 Å². The zero-order chi connectivity index (χ0) is 14.7. The molecule has 1 fully saturated rings. The van der Waals surface area contributed by atoms with Crippen LogP contribution in [0.1, 0.15) is 18.4 Å². The molecule has 4 nitrogen and oxygen atoms in total. The van der Waals surface area contributed by atoms with Crippen LogP contribution in [0.2, 0.25) is 0 Å². The molecule has 3 N–H and O–H groups in total. The molecular weight excluding hydrogens is 284 g/mol. The Bertz CT molecular complexity index is 596. The molecule has 1 aliphatic carbocycles. The van der Waals surface area contributed by atoms with Crippen molar-refractivity contribution in [3.05, 3.63) is 53.4 Å². The maximum atomic E-state index is 11.9. The smallest absolute Gasteiger partial charge is 0.319 e. The summed E-state index contributed by atoms with van der Waals surface area (Å²) in [6.07, 6.45) is 2.00. The monoisotopic (exact) mass is 302 g/mol. The van der Waals surface area contributed by atoms with Crippen LogP contribution in [0, 0.1) is 5.92 Å². The first-order valence-electron chi connectivity index (χ1n) is 7.05. The molecule has 1 unspecified atom stereocenters. The van der Waals surface area contributed by atoms with Crippen LogP contribution in [0.25, 0.3) is 0 Å². The number of hydrogen-bond acceptors (Lipinski definition) is 3. The van der Waals surface area contributed by atoms with Crippen LogP contribution in [-0.4, -0.2) is 17.7 Å². The number of anilines is 1. The lowest BCUT2D eigenvalue weighted by Crippen LogP contribution is -2.43. The van der Waals surface area contributed by atoms with Crippen molar-refractivity contribution in [3.8, 4) is 0 Å². The Kier molecular flexibility index (Phi) is 3.94. The van der Waals surface area contributed by atoms with Gasteiger partial charge in [0.25, 0.3) is 0 Å². The number of carbonyl (C=O) groups excluding carboxylic acids is 1. The minimum Gasteiger partial charge on any atom is -0.383 e. The van der Waals surface area contributed by atoms with E-state index in [0.717, 1.165) is 23.4 Å². The maximum absolute atomic E-state index is 11.9. The highest BCUT2D eigenvalue weighted by Gasteiger charge is 2.45. The minimum atomic E-state index is -0.978. The van der Waals surface area contributed by atoms with Gasteiger partial charge in [-0.25, -0.2) is 4.79 Å². The number of urea groups is 1. The van der Waals surface area contributed by atoms with Gasteiger partial charge in [0.1, 0.15) is 5.60 Å². The first kappa shape index (κ1) is 14.1. The molecule has 3 rings (SSSR count). The Hall–Kier alpha value is -1.85. The molecule has 1 saturated carbocycles. The Morgan fingerprint density at radius 2 is 2.00 bits per heavy atom. The van der Waals surface area contributed by atoms with E-state index >= 15 is 0 Å². The van der Waals surface area contributed by atoms with Crippen molar-refractivity contribution in [2.75, 3.05) is 11.9 Å². The summed E-state index contributed by atoms with van der Waals surface area (Å²) in [5.41, 5.74) is -0.113. The van der Waals surface area contributed by atoms with Crippen LogP contribution in [-0.2, 0) is 5.60 Å². The molecule has 110 valence electrons. The van der Waals surface area contributed by atoms with E-state index in [2.05, 4.69) is 10.6 Å². The van der Waals surface area contributed by atoms with Gasteiger partial charge in [0.15, 0.2) is 0 Å².